The number of benzene rings is 2. The SMILES string of the molecule is CCNc1c(F)cccc1C(=O)Nc1ccccc1. The lowest BCUT2D eigenvalue weighted by atomic mass is 10.1. The number of hydrogen-bond acceptors (Lipinski definition) is 2. The zero-order valence-corrected chi connectivity index (χ0v) is 10.6. The lowest BCUT2D eigenvalue weighted by molar-refractivity contribution is 0.102. The second kappa shape index (κ2) is 6.00. The van der Waals surface area contributed by atoms with Crippen LogP contribution in [0.15, 0.2) is 48.5 Å². The van der Waals surface area contributed by atoms with E-state index in [1.165, 1.54) is 12.1 Å². The molecule has 0 atom stereocenters. The van der Waals surface area contributed by atoms with Crippen LogP contribution in [0.2, 0.25) is 0 Å². The highest BCUT2D eigenvalue weighted by molar-refractivity contribution is 6.08. The van der Waals surface area contributed by atoms with E-state index in [1.54, 1.807) is 18.2 Å². The van der Waals surface area contributed by atoms with Crippen molar-refractivity contribution >= 4 is 17.3 Å². The van der Waals surface area contributed by atoms with Gasteiger partial charge in [0, 0.05) is 12.2 Å². The number of rotatable bonds is 4. The molecule has 2 N–H and O–H groups in total. The van der Waals surface area contributed by atoms with Crippen LogP contribution in [0, 0.1) is 5.82 Å². The Morgan fingerprint density at radius 2 is 1.84 bits per heavy atom. The summed E-state index contributed by atoms with van der Waals surface area (Å²) in [5.74, 6) is -0.760. The van der Waals surface area contributed by atoms with Crippen molar-refractivity contribution in [2.75, 3.05) is 17.2 Å². The number of halogens is 1. The minimum Gasteiger partial charge on any atom is -0.382 e. The van der Waals surface area contributed by atoms with Gasteiger partial charge in [0.25, 0.3) is 5.91 Å². The van der Waals surface area contributed by atoms with E-state index >= 15 is 0 Å². The first-order valence-corrected chi connectivity index (χ1v) is 6.11. The van der Waals surface area contributed by atoms with Crippen molar-refractivity contribution < 1.29 is 9.18 Å². The second-order valence-electron chi connectivity index (χ2n) is 4.01. The molecule has 0 heterocycles. The zero-order chi connectivity index (χ0) is 13.7. The van der Waals surface area contributed by atoms with Crippen LogP contribution in [0.1, 0.15) is 17.3 Å². The molecule has 2 rings (SSSR count). The van der Waals surface area contributed by atoms with Gasteiger partial charge < -0.3 is 10.6 Å². The van der Waals surface area contributed by atoms with Crippen molar-refractivity contribution in [2.45, 2.75) is 6.92 Å². The summed E-state index contributed by atoms with van der Waals surface area (Å²) in [6.45, 7) is 2.40. The Hall–Kier alpha value is -2.36. The van der Waals surface area contributed by atoms with Crippen molar-refractivity contribution in [3.8, 4) is 0 Å². The maximum atomic E-state index is 13.7. The highest BCUT2D eigenvalue weighted by Crippen LogP contribution is 2.21. The quantitative estimate of drug-likeness (QED) is 0.881. The summed E-state index contributed by atoms with van der Waals surface area (Å²) < 4.78 is 13.7. The van der Waals surface area contributed by atoms with Gasteiger partial charge in [-0.1, -0.05) is 24.3 Å². The lowest BCUT2D eigenvalue weighted by Crippen LogP contribution is -2.15. The van der Waals surface area contributed by atoms with Crippen molar-refractivity contribution in [3.05, 3.63) is 59.9 Å². The molecule has 0 saturated carbocycles. The number of nitrogens with one attached hydrogen (secondary N) is 2. The standard InChI is InChI=1S/C15H15FN2O/c1-2-17-14-12(9-6-10-13(14)16)15(19)18-11-7-4-3-5-8-11/h3-10,17H,2H2,1H3,(H,18,19). The molecule has 0 radical (unpaired) electrons. The van der Waals surface area contributed by atoms with Gasteiger partial charge in [-0.2, -0.15) is 0 Å². The third-order valence-corrected chi connectivity index (χ3v) is 2.64. The van der Waals surface area contributed by atoms with Crippen molar-refractivity contribution in [1.82, 2.24) is 0 Å². The Kier molecular flexibility index (Phi) is 4.13. The smallest absolute Gasteiger partial charge is 0.257 e. The van der Waals surface area contributed by atoms with Gasteiger partial charge >= 0.3 is 0 Å². The molecule has 0 fully saturated rings. The van der Waals surface area contributed by atoms with Gasteiger partial charge in [0.15, 0.2) is 0 Å². The van der Waals surface area contributed by atoms with Gasteiger partial charge in [0.05, 0.1) is 11.3 Å². The van der Waals surface area contributed by atoms with E-state index in [1.807, 2.05) is 25.1 Å². The van der Waals surface area contributed by atoms with E-state index in [9.17, 15) is 9.18 Å². The predicted molar refractivity (Wildman–Crippen MR) is 75.0 cm³/mol. The predicted octanol–water partition coefficient (Wildman–Crippen LogP) is 3.51. The molecule has 1 amide bonds. The largest absolute Gasteiger partial charge is 0.382 e. The number of carbonyl (C=O) groups is 1. The molecule has 4 heteroatoms. The van der Waals surface area contributed by atoms with Gasteiger partial charge in [-0.25, -0.2) is 4.39 Å². The number of hydrogen-bond donors (Lipinski definition) is 2. The molecule has 0 aliphatic carbocycles. The van der Waals surface area contributed by atoms with E-state index in [-0.39, 0.29) is 11.6 Å². The van der Waals surface area contributed by atoms with Gasteiger partial charge in [-0.05, 0) is 31.2 Å². The molecular formula is C15H15FN2O. The zero-order valence-electron chi connectivity index (χ0n) is 10.6. The van der Waals surface area contributed by atoms with E-state index < -0.39 is 5.82 Å². The Labute approximate surface area is 111 Å². The molecule has 0 spiro atoms. The molecule has 2 aromatic carbocycles. The van der Waals surface area contributed by atoms with Crippen LogP contribution in [-0.4, -0.2) is 12.5 Å². The van der Waals surface area contributed by atoms with Crippen LogP contribution in [0.25, 0.3) is 0 Å². The molecule has 19 heavy (non-hydrogen) atoms. The molecule has 0 unspecified atom stereocenters. The van der Waals surface area contributed by atoms with E-state index in [2.05, 4.69) is 10.6 Å². The first-order chi connectivity index (χ1) is 9.22. The third kappa shape index (κ3) is 3.10. The monoisotopic (exact) mass is 258 g/mol. The topological polar surface area (TPSA) is 41.1 Å². The summed E-state index contributed by atoms with van der Waals surface area (Å²) in [6, 6.07) is 13.5. The third-order valence-electron chi connectivity index (χ3n) is 2.64. The summed E-state index contributed by atoms with van der Waals surface area (Å²) in [7, 11) is 0. The normalized spacial score (nSPS) is 10.0. The first kappa shape index (κ1) is 13.1. The minimum atomic E-state index is -0.428. The van der Waals surface area contributed by atoms with Crippen LogP contribution < -0.4 is 10.6 Å². The van der Waals surface area contributed by atoms with Gasteiger partial charge in [0.1, 0.15) is 5.82 Å². The maximum Gasteiger partial charge on any atom is 0.257 e. The van der Waals surface area contributed by atoms with Crippen LogP contribution in [0.3, 0.4) is 0 Å². The number of anilines is 2. The Balaban J connectivity index is 2.26. The van der Waals surface area contributed by atoms with E-state index in [0.717, 1.165) is 0 Å². The summed E-state index contributed by atoms with van der Waals surface area (Å²) >= 11 is 0. The van der Waals surface area contributed by atoms with Crippen LogP contribution in [0.5, 0.6) is 0 Å². The van der Waals surface area contributed by atoms with Crippen molar-refractivity contribution in [1.29, 1.82) is 0 Å². The summed E-state index contributed by atoms with van der Waals surface area (Å²) in [6.07, 6.45) is 0. The molecule has 98 valence electrons. The van der Waals surface area contributed by atoms with Crippen molar-refractivity contribution in [3.63, 3.8) is 0 Å². The van der Waals surface area contributed by atoms with Gasteiger partial charge in [-0.15, -0.1) is 0 Å². The molecule has 0 aromatic heterocycles. The molecular weight excluding hydrogens is 243 g/mol. The van der Waals surface area contributed by atoms with Crippen LogP contribution in [0.4, 0.5) is 15.8 Å². The Bertz CT molecular complexity index is 570. The lowest BCUT2D eigenvalue weighted by Gasteiger charge is -2.11. The summed E-state index contributed by atoms with van der Waals surface area (Å²) in [5, 5.41) is 5.61. The number of amides is 1. The summed E-state index contributed by atoms with van der Waals surface area (Å²) in [4.78, 5) is 12.1. The molecule has 0 saturated heterocycles. The van der Waals surface area contributed by atoms with E-state index in [0.29, 0.717) is 17.8 Å². The van der Waals surface area contributed by atoms with Crippen LogP contribution in [-0.2, 0) is 0 Å². The average molecular weight is 258 g/mol. The fourth-order valence-corrected chi connectivity index (χ4v) is 1.79. The summed E-state index contributed by atoms with van der Waals surface area (Å²) in [5.41, 5.74) is 1.21. The van der Waals surface area contributed by atoms with Gasteiger partial charge in [0.2, 0.25) is 0 Å². The fraction of sp³-hybridized carbons (Fsp3) is 0.133. The highest BCUT2D eigenvalue weighted by Gasteiger charge is 2.14. The maximum absolute atomic E-state index is 13.7. The van der Waals surface area contributed by atoms with Crippen LogP contribution >= 0.6 is 0 Å². The molecule has 3 nitrogen and oxygen atoms in total. The molecule has 0 aliphatic rings. The molecule has 0 bridgehead atoms. The second-order valence-corrected chi connectivity index (χ2v) is 4.01. The average Bonchev–Trinajstić information content (AvgIpc) is 2.42. The number of para-hydroxylation sites is 2. The fourth-order valence-electron chi connectivity index (χ4n) is 1.79. The molecule has 0 aliphatic heterocycles. The van der Waals surface area contributed by atoms with E-state index in [4.69, 9.17) is 0 Å². The Morgan fingerprint density at radius 3 is 2.53 bits per heavy atom. The minimum absolute atomic E-state index is 0.235. The van der Waals surface area contributed by atoms with Crippen molar-refractivity contribution in [2.24, 2.45) is 0 Å². The van der Waals surface area contributed by atoms with Gasteiger partial charge in [-0.3, -0.25) is 4.79 Å². The Morgan fingerprint density at radius 1 is 1.11 bits per heavy atom. The number of carbonyl (C=O) groups excluding carboxylic acids is 1. The highest BCUT2D eigenvalue weighted by atomic mass is 19.1. The molecule has 2 aromatic rings. The first-order valence-electron chi connectivity index (χ1n) is 6.11.